The Balaban J connectivity index is 1.19. The van der Waals surface area contributed by atoms with Crippen molar-refractivity contribution in [3.63, 3.8) is 0 Å². The van der Waals surface area contributed by atoms with Crippen LogP contribution in [0.25, 0.3) is 0 Å². The Morgan fingerprint density at radius 2 is 1.83 bits per heavy atom. The normalized spacial score (nSPS) is 15.7. The van der Waals surface area contributed by atoms with Crippen LogP contribution in [0.5, 0.6) is 5.75 Å². The fourth-order valence-electron chi connectivity index (χ4n) is 3.78. The summed E-state index contributed by atoms with van der Waals surface area (Å²) in [7, 11) is 0. The Hall–Kier alpha value is -4.29. The maximum Gasteiger partial charge on any atom is 0.573 e. The molecule has 0 saturated carbocycles. The molecule has 2 aromatic heterocycles. The third-order valence-corrected chi connectivity index (χ3v) is 5.60. The van der Waals surface area contributed by atoms with Crippen molar-refractivity contribution in [2.45, 2.75) is 44.5 Å². The van der Waals surface area contributed by atoms with E-state index in [2.05, 4.69) is 36.0 Å². The van der Waals surface area contributed by atoms with E-state index in [1.54, 1.807) is 0 Å². The number of anilines is 1. The number of hydrogen-bond donors (Lipinski definition) is 2. The van der Waals surface area contributed by atoms with E-state index in [0.717, 1.165) is 22.9 Å². The predicted octanol–water partition coefficient (Wildman–Crippen LogP) is 2.16. The number of ether oxygens (including phenoxy) is 1. The zero-order valence-electron chi connectivity index (χ0n) is 20.9. The van der Waals surface area contributed by atoms with Gasteiger partial charge in [0.25, 0.3) is 11.8 Å². The summed E-state index contributed by atoms with van der Waals surface area (Å²) in [6.07, 6.45) is -4.00. The highest BCUT2D eigenvalue weighted by Crippen LogP contribution is 2.26. The molecular formula is C22H22F7N9O3. The highest BCUT2D eigenvalue weighted by Gasteiger charge is 2.44. The average Bonchev–Trinajstić information content (AvgIpc) is 3.50. The van der Waals surface area contributed by atoms with Crippen LogP contribution in [0, 0.1) is 5.82 Å². The standard InChI is InChI=1S/C22H22F7N9O3/c23-14(7-38-9-18(33-35-38)31-19(39)10-36-11-21(25,26)12-36)3-4-37-8-17(32-34-37)20(40)30-6-13-5-15(1-2-16(13)24)41-22(27,28)29/h1-2,5,8-9,14H,3-4,6-7,10-12H2,(H,30,40)(H,31,39). The molecule has 2 amide bonds. The summed E-state index contributed by atoms with van der Waals surface area (Å²) in [5, 5.41) is 19.4. The third-order valence-electron chi connectivity index (χ3n) is 5.60. The van der Waals surface area contributed by atoms with E-state index in [-0.39, 0.29) is 43.1 Å². The number of carbonyl (C=O) groups is 2. The van der Waals surface area contributed by atoms with Crippen LogP contribution >= 0.6 is 0 Å². The number of rotatable bonds is 12. The van der Waals surface area contributed by atoms with Crippen molar-refractivity contribution in [1.82, 2.24) is 40.2 Å². The Kier molecular flexibility index (Phi) is 8.74. The summed E-state index contributed by atoms with van der Waals surface area (Å²) in [4.78, 5) is 25.5. The summed E-state index contributed by atoms with van der Waals surface area (Å²) >= 11 is 0. The van der Waals surface area contributed by atoms with E-state index in [0.29, 0.717) is 0 Å². The van der Waals surface area contributed by atoms with Gasteiger partial charge in [0.1, 0.15) is 17.7 Å². The fourth-order valence-corrected chi connectivity index (χ4v) is 3.78. The zero-order chi connectivity index (χ0) is 29.8. The molecule has 0 radical (unpaired) electrons. The first-order valence-corrected chi connectivity index (χ1v) is 11.9. The Morgan fingerprint density at radius 1 is 1.10 bits per heavy atom. The molecule has 1 aromatic carbocycles. The molecule has 222 valence electrons. The van der Waals surface area contributed by atoms with Crippen molar-refractivity contribution in [1.29, 1.82) is 0 Å². The Labute approximate surface area is 226 Å². The topological polar surface area (TPSA) is 132 Å². The van der Waals surface area contributed by atoms with E-state index >= 15 is 0 Å². The predicted molar refractivity (Wildman–Crippen MR) is 124 cm³/mol. The SMILES string of the molecule is O=C(CN1CC(F)(F)C1)Nc1cn(CC(F)CCn2cc(C(=O)NCc3cc(OC(F)(F)F)ccc3F)nn2)nn1. The van der Waals surface area contributed by atoms with Gasteiger partial charge in [-0.2, -0.15) is 0 Å². The second-order valence-electron chi connectivity index (χ2n) is 9.11. The number of aryl methyl sites for hydroxylation is 1. The lowest BCUT2D eigenvalue weighted by atomic mass is 10.1. The van der Waals surface area contributed by atoms with Gasteiger partial charge in [0.05, 0.1) is 38.6 Å². The van der Waals surface area contributed by atoms with Crippen LogP contribution in [0.3, 0.4) is 0 Å². The molecule has 1 fully saturated rings. The van der Waals surface area contributed by atoms with Crippen molar-refractivity contribution in [3.05, 3.63) is 47.7 Å². The minimum absolute atomic E-state index is 0.00562. The number of carbonyl (C=O) groups excluding carboxylic acids is 2. The summed E-state index contributed by atoms with van der Waals surface area (Å²) in [6, 6.07) is 2.35. The Bertz CT molecular complexity index is 1370. The lowest BCUT2D eigenvalue weighted by Gasteiger charge is -2.37. The van der Waals surface area contributed by atoms with Crippen LogP contribution in [0.15, 0.2) is 30.6 Å². The molecule has 2 N–H and O–H groups in total. The molecule has 19 heteroatoms. The second-order valence-corrected chi connectivity index (χ2v) is 9.11. The lowest BCUT2D eigenvalue weighted by molar-refractivity contribution is -0.274. The molecule has 3 aromatic rings. The van der Waals surface area contributed by atoms with Gasteiger partial charge in [-0.25, -0.2) is 22.2 Å². The molecule has 41 heavy (non-hydrogen) atoms. The number of amides is 2. The molecule has 1 saturated heterocycles. The van der Waals surface area contributed by atoms with Crippen molar-refractivity contribution < 1.29 is 45.1 Å². The monoisotopic (exact) mass is 593 g/mol. The van der Waals surface area contributed by atoms with Gasteiger partial charge in [-0.3, -0.25) is 19.2 Å². The van der Waals surface area contributed by atoms with Gasteiger partial charge < -0.3 is 15.4 Å². The van der Waals surface area contributed by atoms with E-state index in [9.17, 15) is 40.3 Å². The molecule has 1 unspecified atom stereocenters. The van der Waals surface area contributed by atoms with E-state index < -0.39 is 61.5 Å². The van der Waals surface area contributed by atoms with Gasteiger partial charge in [-0.1, -0.05) is 10.4 Å². The van der Waals surface area contributed by atoms with Crippen LogP contribution in [0.1, 0.15) is 22.5 Å². The highest BCUT2D eigenvalue weighted by molar-refractivity contribution is 5.92. The summed E-state index contributed by atoms with van der Waals surface area (Å²) in [6.45, 7) is -1.95. The zero-order valence-corrected chi connectivity index (χ0v) is 20.9. The smallest absolute Gasteiger partial charge is 0.406 e. The quantitative estimate of drug-likeness (QED) is 0.306. The summed E-state index contributed by atoms with van der Waals surface area (Å²) < 4.78 is 97.3. The van der Waals surface area contributed by atoms with Gasteiger partial charge in [-0.15, -0.1) is 23.4 Å². The van der Waals surface area contributed by atoms with Crippen LogP contribution in [-0.2, 0) is 24.4 Å². The first-order chi connectivity index (χ1) is 19.2. The number of halogens is 7. The van der Waals surface area contributed by atoms with Crippen molar-refractivity contribution >= 4 is 17.6 Å². The number of nitrogens with one attached hydrogen (secondary N) is 2. The number of likely N-dealkylation sites (tertiary alicyclic amines) is 1. The summed E-state index contributed by atoms with van der Waals surface area (Å²) in [5.41, 5.74) is -0.452. The molecule has 1 aliphatic heterocycles. The van der Waals surface area contributed by atoms with Crippen LogP contribution in [0.2, 0.25) is 0 Å². The number of aromatic nitrogens is 6. The number of nitrogens with zero attached hydrogens (tertiary/aromatic N) is 7. The summed E-state index contributed by atoms with van der Waals surface area (Å²) in [5.74, 6) is -5.65. The fraction of sp³-hybridized carbons (Fsp3) is 0.455. The minimum atomic E-state index is -4.97. The van der Waals surface area contributed by atoms with E-state index in [1.807, 2.05) is 0 Å². The largest absolute Gasteiger partial charge is 0.573 e. The molecular weight excluding hydrogens is 571 g/mol. The van der Waals surface area contributed by atoms with Gasteiger partial charge >= 0.3 is 6.36 Å². The first-order valence-electron chi connectivity index (χ1n) is 11.9. The number of alkyl halides is 6. The van der Waals surface area contributed by atoms with Gasteiger partial charge in [0, 0.05) is 25.1 Å². The van der Waals surface area contributed by atoms with Crippen molar-refractivity contribution in [2.75, 3.05) is 25.0 Å². The van der Waals surface area contributed by atoms with E-state index in [4.69, 9.17) is 0 Å². The maximum atomic E-state index is 14.5. The van der Waals surface area contributed by atoms with Crippen LogP contribution in [-0.4, -0.2) is 84.8 Å². The van der Waals surface area contributed by atoms with Gasteiger partial charge in [-0.05, 0) is 18.2 Å². The molecule has 1 aliphatic rings. The molecule has 1 atom stereocenters. The lowest BCUT2D eigenvalue weighted by Crippen LogP contribution is -2.57. The van der Waals surface area contributed by atoms with Gasteiger partial charge in [0.2, 0.25) is 5.91 Å². The number of hydrogen-bond acceptors (Lipinski definition) is 8. The number of benzene rings is 1. The van der Waals surface area contributed by atoms with Crippen molar-refractivity contribution in [2.24, 2.45) is 0 Å². The molecule has 12 nitrogen and oxygen atoms in total. The molecule has 0 spiro atoms. The van der Waals surface area contributed by atoms with Gasteiger partial charge in [0.15, 0.2) is 11.5 Å². The highest BCUT2D eigenvalue weighted by atomic mass is 19.4. The first kappa shape index (κ1) is 29.7. The maximum absolute atomic E-state index is 14.5. The van der Waals surface area contributed by atoms with Crippen LogP contribution in [0.4, 0.5) is 36.6 Å². The Morgan fingerprint density at radius 3 is 2.54 bits per heavy atom. The van der Waals surface area contributed by atoms with Crippen molar-refractivity contribution in [3.8, 4) is 5.75 Å². The van der Waals surface area contributed by atoms with E-state index in [1.165, 1.54) is 22.0 Å². The molecule has 0 bridgehead atoms. The van der Waals surface area contributed by atoms with Crippen LogP contribution < -0.4 is 15.4 Å². The molecule has 0 aliphatic carbocycles. The average molecular weight is 593 g/mol. The minimum Gasteiger partial charge on any atom is -0.406 e. The second kappa shape index (κ2) is 12.1. The molecule has 3 heterocycles. The third kappa shape index (κ3) is 8.85. The molecule has 4 rings (SSSR count).